The van der Waals surface area contributed by atoms with E-state index in [1.807, 2.05) is 0 Å². The Morgan fingerprint density at radius 3 is 1.29 bits per heavy atom. The van der Waals surface area contributed by atoms with Crippen molar-refractivity contribution in [3.8, 4) is 0 Å². The third-order valence-corrected chi connectivity index (χ3v) is 11.8. The van der Waals surface area contributed by atoms with Gasteiger partial charge >= 0.3 is 65.7 Å². The number of carbonyl (C=O) groups excluding carboxylic acids is 1. The van der Waals surface area contributed by atoms with Crippen LogP contribution in [-0.2, 0) is 42.3 Å². The van der Waals surface area contributed by atoms with Crippen LogP contribution in [0.15, 0.2) is 0 Å². The molecule has 1 fully saturated rings. The number of nitrogens with one attached hydrogen (secondary N) is 1. The molecule has 0 bridgehead atoms. The molecular formula is C43H84GdN5O13P+3. The standard InChI is InChI=1S/C43H84N5O13P.Gd/c1-3-5-7-9-11-13-15-17-19-30-58-37-39(59-31-20-18-16-14-12-10-8-6-4-2)38-61-62(56,57)60-32-21-44-40(49)33-45-22-24-46(34-41(50)51)26-28-48(36-43(54)55)29-27-47(25-23-45)35-42(52)53;/h39H,3-38H2,1-2H3,(H,44,49)(H,50,51)(H,52,53)(H,54,55)(H,56,57);/q;+3. The smallest absolute Gasteiger partial charge is 0.480 e. The van der Waals surface area contributed by atoms with Crippen molar-refractivity contribution in [2.45, 2.75) is 136 Å². The minimum atomic E-state index is -4.49. The van der Waals surface area contributed by atoms with Gasteiger partial charge in [0.2, 0.25) is 5.91 Å². The van der Waals surface area contributed by atoms with Crippen molar-refractivity contribution < 1.29 is 102 Å². The van der Waals surface area contributed by atoms with Crippen LogP contribution in [0.1, 0.15) is 129 Å². The Labute approximate surface area is 410 Å². The van der Waals surface area contributed by atoms with E-state index in [0.717, 1.165) is 32.1 Å². The quantitative estimate of drug-likeness (QED) is 0.0397. The average molecular weight is 1070 g/mol. The molecule has 5 N–H and O–H groups in total. The summed E-state index contributed by atoms with van der Waals surface area (Å²) in [5.41, 5.74) is 0. The Morgan fingerprint density at radius 1 is 0.524 bits per heavy atom. The van der Waals surface area contributed by atoms with Crippen molar-refractivity contribution in [3.63, 3.8) is 0 Å². The SMILES string of the molecule is CCCCCCCCCCCOCC(COP(=O)(O)OCCNC(=O)CN1CCN(CC(=O)O)CCN(CC(=O)O)CCN(CC(=O)O)CC1)OCCCCCCCCCCC.[Gd+3]. The number of phosphoric ester groups is 1. The van der Waals surface area contributed by atoms with E-state index in [1.54, 1.807) is 19.6 Å². The molecule has 0 aliphatic carbocycles. The van der Waals surface area contributed by atoms with Gasteiger partial charge in [0.05, 0.1) is 46.0 Å². The van der Waals surface area contributed by atoms with Crippen LogP contribution < -0.4 is 5.32 Å². The van der Waals surface area contributed by atoms with Crippen molar-refractivity contribution in [2.75, 3.05) is 118 Å². The Hall–Kier alpha value is -0.925. The zero-order chi connectivity index (χ0) is 45.7. The molecular weight excluding hydrogens is 983 g/mol. The number of hydrogen-bond acceptors (Lipinski definition) is 13. The maximum atomic E-state index is 13.0. The summed E-state index contributed by atoms with van der Waals surface area (Å²) in [6.07, 6.45) is 21.0. The molecule has 1 radical (unpaired) electrons. The second kappa shape index (κ2) is 41.3. The van der Waals surface area contributed by atoms with Crippen LogP contribution in [-0.4, -0.2) is 188 Å². The summed E-state index contributed by atoms with van der Waals surface area (Å²) in [7, 11) is -4.49. The molecule has 0 spiro atoms. The summed E-state index contributed by atoms with van der Waals surface area (Å²) in [5.74, 6) is -3.54. The van der Waals surface area contributed by atoms with Gasteiger partial charge in [0.25, 0.3) is 0 Å². The zero-order valence-corrected chi connectivity index (χ0v) is 41.7. The number of carboxylic acids is 3. The van der Waals surface area contributed by atoms with Gasteiger partial charge in [0.1, 0.15) is 6.10 Å². The van der Waals surface area contributed by atoms with Crippen LogP contribution in [0.25, 0.3) is 0 Å². The molecule has 18 nitrogen and oxygen atoms in total. The number of amides is 1. The minimum absolute atomic E-state index is 0. The van der Waals surface area contributed by atoms with Gasteiger partial charge in [-0.25, -0.2) is 4.57 Å². The van der Waals surface area contributed by atoms with Crippen molar-refractivity contribution in [1.82, 2.24) is 24.9 Å². The summed E-state index contributed by atoms with van der Waals surface area (Å²) in [5, 5.41) is 31.0. The maximum Gasteiger partial charge on any atom is 3.00 e. The molecule has 0 saturated carbocycles. The van der Waals surface area contributed by atoms with Gasteiger partial charge in [0, 0.05) is 72.1 Å². The molecule has 1 aliphatic rings. The number of carbonyl (C=O) groups is 4. The van der Waals surface area contributed by atoms with Crippen molar-refractivity contribution in [1.29, 1.82) is 0 Å². The van der Waals surface area contributed by atoms with Gasteiger partial charge in [-0.3, -0.25) is 47.8 Å². The first-order valence-corrected chi connectivity index (χ1v) is 25.0. The number of carboxylic acid groups (broad SMARTS) is 3. The summed E-state index contributed by atoms with van der Waals surface area (Å²) < 4.78 is 35.3. The van der Waals surface area contributed by atoms with Gasteiger partial charge < -0.3 is 35.0 Å². The fourth-order valence-electron chi connectivity index (χ4n) is 7.15. The summed E-state index contributed by atoms with van der Waals surface area (Å²) >= 11 is 0. The fourth-order valence-corrected chi connectivity index (χ4v) is 7.90. The Balaban J connectivity index is 0.0000384. The van der Waals surface area contributed by atoms with E-state index >= 15 is 0 Å². The molecule has 0 aromatic rings. The number of phosphoric acid groups is 1. The molecule has 1 rings (SSSR count). The van der Waals surface area contributed by atoms with Gasteiger partial charge in [-0.2, -0.15) is 0 Å². The first-order chi connectivity index (χ1) is 29.8. The number of unbranched alkanes of at least 4 members (excludes halogenated alkanes) is 16. The van der Waals surface area contributed by atoms with Crippen molar-refractivity contribution >= 4 is 31.6 Å². The minimum Gasteiger partial charge on any atom is -0.480 e. The largest absolute Gasteiger partial charge is 3.00 e. The molecule has 20 heteroatoms. The van der Waals surface area contributed by atoms with Crippen LogP contribution in [0.2, 0.25) is 0 Å². The molecule has 1 amide bonds. The Morgan fingerprint density at radius 2 is 0.889 bits per heavy atom. The van der Waals surface area contributed by atoms with E-state index in [-0.39, 0.29) is 145 Å². The summed E-state index contributed by atoms with van der Waals surface area (Å²) in [6.45, 7) is 6.38. The Bertz CT molecular complexity index is 1200. The molecule has 2 atom stereocenters. The predicted octanol–water partition coefficient (Wildman–Crippen LogP) is 5.18. The van der Waals surface area contributed by atoms with Gasteiger partial charge in [-0.1, -0.05) is 117 Å². The molecule has 1 heterocycles. The molecule has 2 unspecified atom stereocenters. The first-order valence-electron chi connectivity index (χ1n) is 23.5. The number of hydrogen-bond donors (Lipinski definition) is 5. The first kappa shape index (κ1) is 62.1. The topological polar surface area (TPSA) is 228 Å². The van der Waals surface area contributed by atoms with Gasteiger partial charge in [-0.15, -0.1) is 0 Å². The molecule has 63 heavy (non-hydrogen) atoms. The van der Waals surface area contributed by atoms with Crippen LogP contribution >= 0.6 is 7.82 Å². The number of rotatable bonds is 38. The number of aliphatic carboxylic acids is 3. The fraction of sp³-hybridized carbons (Fsp3) is 0.907. The maximum absolute atomic E-state index is 13.0. The van der Waals surface area contributed by atoms with Crippen LogP contribution in [0.5, 0.6) is 0 Å². The number of ether oxygens (including phenoxy) is 2. The van der Waals surface area contributed by atoms with E-state index in [9.17, 15) is 44.0 Å². The van der Waals surface area contributed by atoms with E-state index in [0.29, 0.717) is 13.2 Å². The van der Waals surface area contributed by atoms with Crippen LogP contribution in [0.3, 0.4) is 0 Å². The van der Waals surface area contributed by atoms with Crippen molar-refractivity contribution in [2.24, 2.45) is 0 Å². The van der Waals surface area contributed by atoms with Crippen molar-refractivity contribution in [3.05, 3.63) is 0 Å². The predicted molar refractivity (Wildman–Crippen MR) is 238 cm³/mol. The molecule has 369 valence electrons. The monoisotopic (exact) mass is 1070 g/mol. The van der Waals surface area contributed by atoms with Crippen LogP contribution in [0, 0.1) is 39.9 Å². The zero-order valence-electron chi connectivity index (χ0n) is 38.6. The molecule has 0 aromatic heterocycles. The van der Waals surface area contributed by atoms with E-state index in [1.165, 1.54) is 83.5 Å². The average Bonchev–Trinajstić information content (AvgIpc) is 3.21. The summed E-state index contributed by atoms with van der Waals surface area (Å²) in [4.78, 5) is 64.8. The van der Waals surface area contributed by atoms with E-state index < -0.39 is 37.7 Å². The van der Waals surface area contributed by atoms with Crippen LogP contribution in [0.4, 0.5) is 0 Å². The van der Waals surface area contributed by atoms with Gasteiger partial charge in [-0.05, 0) is 12.8 Å². The van der Waals surface area contributed by atoms with Gasteiger partial charge in [0.15, 0.2) is 0 Å². The van der Waals surface area contributed by atoms with E-state index in [4.69, 9.17) is 18.5 Å². The second-order valence-electron chi connectivity index (χ2n) is 16.5. The van der Waals surface area contributed by atoms with E-state index in [2.05, 4.69) is 19.2 Å². The summed E-state index contributed by atoms with van der Waals surface area (Å²) in [6, 6.07) is 0. The third-order valence-electron chi connectivity index (χ3n) is 10.8. The third kappa shape index (κ3) is 38.8. The molecule has 1 saturated heterocycles. The second-order valence-corrected chi connectivity index (χ2v) is 17.9. The molecule has 1 aliphatic heterocycles. The Kier molecular flexibility index (Phi) is 40.7. The number of nitrogens with zero attached hydrogens (tertiary/aromatic N) is 4. The normalized spacial score (nSPS) is 16.6. The molecule has 0 aromatic carbocycles.